The molecule has 3 rings (SSSR count). The quantitative estimate of drug-likeness (QED) is 0.781. The summed E-state index contributed by atoms with van der Waals surface area (Å²) in [7, 11) is 0. The first kappa shape index (κ1) is 14.2. The van der Waals surface area contributed by atoms with Crippen molar-refractivity contribution in [2.45, 2.75) is 51.5 Å². The maximum Gasteiger partial charge on any atom is 0.184 e. The Kier molecular flexibility index (Phi) is 4.47. The number of hydrogen-bond acceptors (Lipinski definition) is 3. The number of anilines is 1. The van der Waals surface area contributed by atoms with Crippen LogP contribution in [0.5, 0.6) is 0 Å². The second-order valence-electron chi connectivity index (χ2n) is 5.69. The molecule has 1 atom stereocenters. The van der Waals surface area contributed by atoms with Crippen LogP contribution in [0.2, 0.25) is 5.02 Å². The van der Waals surface area contributed by atoms with Gasteiger partial charge in [-0.05, 0) is 43.4 Å². The first-order valence-electron chi connectivity index (χ1n) is 7.59. The van der Waals surface area contributed by atoms with E-state index in [1.807, 2.05) is 12.1 Å². The lowest BCUT2D eigenvalue weighted by Crippen LogP contribution is -2.29. The third-order valence-electron chi connectivity index (χ3n) is 4.32. The van der Waals surface area contributed by atoms with Crippen molar-refractivity contribution in [3.63, 3.8) is 0 Å². The molecule has 1 aromatic heterocycles. The predicted octanol–water partition coefficient (Wildman–Crippen LogP) is 5.72. The Bertz CT molecular complexity index is 575. The predicted molar refractivity (Wildman–Crippen MR) is 88.9 cm³/mol. The van der Waals surface area contributed by atoms with Crippen molar-refractivity contribution in [2.24, 2.45) is 5.92 Å². The zero-order valence-corrected chi connectivity index (χ0v) is 13.4. The first-order valence-corrected chi connectivity index (χ1v) is 8.78. The van der Waals surface area contributed by atoms with E-state index in [2.05, 4.69) is 23.3 Å². The van der Waals surface area contributed by atoms with Crippen LogP contribution in [0.25, 0.3) is 10.2 Å². The van der Waals surface area contributed by atoms with E-state index in [1.165, 1.54) is 43.2 Å². The molecule has 1 aliphatic rings. The van der Waals surface area contributed by atoms with Gasteiger partial charge in [-0.2, -0.15) is 0 Å². The van der Waals surface area contributed by atoms with Crippen LogP contribution >= 0.6 is 22.9 Å². The molecule has 0 bridgehead atoms. The minimum Gasteiger partial charge on any atom is -0.358 e. The fourth-order valence-corrected chi connectivity index (χ4v) is 4.28. The average Bonchev–Trinajstić information content (AvgIpc) is 2.87. The molecule has 1 saturated carbocycles. The van der Waals surface area contributed by atoms with E-state index in [0.29, 0.717) is 6.04 Å². The summed E-state index contributed by atoms with van der Waals surface area (Å²) < 4.78 is 1.20. The molecule has 0 radical (unpaired) electrons. The summed E-state index contributed by atoms with van der Waals surface area (Å²) in [5.74, 6) is 0.810. The van der Waals surface area contributed by atoms with Crippen molar-refractivity contribution in [1.29, 1.82) is 0 Å². The largest absolute Gasteiger partial charge is 0.358 e. The maximum atomic E-state index is 6.03. The molecule has 1 N–H and O–H groups in total. The number of halogens is 1. The fraction of sp³-hybridized carbons (Fsp3) is 0.562. The van der Waals surface area contributed by atoms with E-state index < -0.39 is 0 Å². The summed E-state index contributed by atoms with van der Waals surface area (Å²) >= 11 is 7.76. The lowest BCUT2D eigenvalue weighted by Gasteiger charge is -2.30. The Hall–Kier alpha value is -0.800. The van der Waals surface area contributed by atoms with E-state index in [4.69, 9.17) is 11.6 Å². The standard InChI is InChI=1S/C16H21ClN2S/c1-2-13(11-6-4-3-5-7-11)18-16-19-14-10-12(17)8-9-15(14)20-16/h8-11,13H,2-7H2,1H3,(H,18,19). The summed E-state index contributed by atoms with van der Waals surface area (Å²) in [5.41, 5.74) is 1.00. The van der Waals surface area contributed by atoms with E-state index >= 15 is 0 Å². The molecule has 108 valence electrons. The van der Waals surface area contributed by atoms with Gasteiger partial charge >= 0.3 is 0 Å². The van der Waals surface area contributed by atoms with Gasteiger partial charge in [0.05, 0.1) is 10.2 Å². The lowest BCUT2D eigenvalue weighted by atomic mass is 9.83. The highest BCUT2D eigenvalue weighted by molar-refractivity contribution is 7.22. The molecule has 0 aliphatic heterocycles. The van der Waals surface area contributed by atoms with Gasteiger partial charge in [0, 0.05) is 11.1 Å². The Morgan fingerprint density at radius 3 is 2.90 bits per heavy atom. The number of benzene rings is 1. The Labute approximate surface area is 129 Å². The first-order chi connectivity index (χ1) is 9.76. The van der Waals surface area contributed by atoms with Gasteiger partial charge in [-0.15, -0.1) is 0 Å². The fourth-order valence-electron chi connectivity index (χ4n) is 3.21. The summed E-state index contributed by atoms with van der Waals surface area (Å²) in [6.07, 6.45) is 8.08. The second kappa shape index (κ2) is 6.31. The molecule has 4 heteroatoms. The molecule has 0 amide bonds. The molecule has 1 unspecified atom stereocenters. The number of aromatic nitrogens is 1. The molecule has 0 saturated heterocycles. The molecule has 1 aliphatic carbocycles. The van der Waals surface area contributed by atoms with Gasteiger partial charge in [0.2, 0.25) is 0 Å². The Morgan fingerprint density at radius 1 is 1.35 bits per heavy atom. The van der Waals surface area contributed by atoms with Crippen molar-refractivity contribution in [3.05, 3.63) is 23.2 Å². The van der Waals surface area contributed by atoms with Gasteiger partial charge in [-0.25, -0.2) is 4.98 Å². The smallest absolute Gasteiger partial charge is 0.184 e. The van der Waals surface area contributed by atoms with Crippen LogP contribution in [0.3, 0.4) is 0 Å². The van der Waals surface area contributed by atoms with Crippen molar-refractivity contribution < 1.29 is 0 Å². The van der Waals surface area contributed by atoms with E-state index in [0.717, 1.165) is 21.6 Å². The van der Waals surface area contributed by atoms with Gasteiger partial charge in [0.15, 0.2) is 5.13 Å². The number of nitrogens with zero attached hydrogens (tertiary/aromatic N) is 1. The van der Waals surface area contributed by atoms with Crippen molar-refractivity contribution in [1.82, 2.24) is 4.98 Å². The highest BCUT2D eigenvalue weighted by Gasteiger charge is 2.23. The van der Waals surface area contributed by atoms with Crippen LogP contribution in [0, 0.1) is 5.92 Å². The number of hydrogen-bond donors (Lipinski definition) is 1. The Balaban J connectivity index is 1.76. The van der Waals surface area contributed by atoms with Gasteiger partial charge in [-0.3, -0.25) is 0 Å². The Morgan fingerprint density at radius 2 is 2.15 bits per heavy atom. The molecule has 1 heterocycles. The summed E-state index contributed by atoms with van der Waals surface area (Å²) in [4.78, 5) is 4.68. The maximum absolute atomic E-state index is 6.03. The molecular weight excluding hydrogens is 288 g/mol. The van der Waals surface area contributed by atoms with Gasteiger partial charge in [0.1, 0.15) is 0 Å². The third-order valence-corrected chi connectivity index (χ3v) is 5.52. The van der Waals surface area contributed by atoms with E-state index in [1.54, 1.807) is 11.3 Å². The van der Waals surface area contributed by atoms with Crippen LogP contribution in [0.15, 0.2) is 18.2 Å². The highest BCUT2D eigenvalue weighted by Crippen LogP contribution is 2.32. The normalized spacial score (nSPS) is 18.3. The molecule has 2 aromatic rings. The minimum absolute atomic E-state index is 0.561. The minimum atomic E-state index is 0.561. The molecule has 1 aromatic carbocycles. The second-order valence-corrected chi connectivity index (χ2v) is 7.16. The summed E-state index contributed by atoms with van der Waals surface area (Å²) in [5, 5.41) is 5.47. The van der Waals surface area contributed by atoms with Crippen molar-refractivity contribution in [3.8, 4) is 0 Å². The summed E-state index contributed by atoms with van der Waals surface area (Å²) in [6, 6.07) is 6.50. The van der Waals surface area contributed by atoms with Crippen LogP contribution < -0.4 is 5.32 Å². The zero-order chi connectivity index (χ0) is 13.9. The topological polar surface area (TPSA) is 24.9 Å². The van der Waals surface area contributed by atoms with Gasteiger partial charge in [0.25, 0.3) is 0 Å². The van der Waals surface area contributed by atoms with Crippen molar-refractivity contribution >= 4 is 38.3 Å². The molecule has 0 spiro atoms. The van der Waals surface area contributed by atoms with E-state index in [-0.39, 0.29) is 0 Å². The highest BCUT2D eigenvalue weighted by atomic mass is 35.5. The van der Waals surface area contributed by atoms with Gasteiger partial charge < -0.3 is 5.32 Å². The van der Waals surface area contributed by atoms with Crippen LogP contribution in [0.1, 0.15) is 45.4 Å². The third kappa shape index (κ3) is 3.09. The monoisotopic (exact) mass is 308 g/mol. The average molecular weight is 309 g/mol. The van der Waals surface area contributed by atoms with Gasteiger partial charge in [-0.1, -0.05) is 49.1 Å². The molecule has 1 fully saturated rings. The lowest BCUT2D eigenvalue weighted by molar-refractivity contribution is 0.313. The number of fused-ring (bicyclic) bond motifs is 1. The van der Waals surface area contributed by atoms with Crippen molar-refractivity contribution in [2.75, 3.05) is 5.32 Å². The molecule has 20 heavy (non-hydrogen) atoms. The number of rotatable bonds is 4. The number of thiazole rings is 1. The number of nitrogens with one attached hydrogen (secondary N) is 1. The SMILES string of the molecule is CCC(Nc1nc2cc(Cl)ccc2s1)C1CCCCC1. The molecular formula is C16H21ClN2S. The van der Waals surface area contributed by atoms with Crippen LogP contribution in [0.4, 0.5) is 5.13 Å². The summed E-state index contributed by atoms with van der Waals surface area (Å²) in [6.45, 7) is 2.27. The van der Waals surface area contributed by atoms with Crippen LogP contribution in [-0.4, -0.2) is 11.0 Å². The molecule has 2 nitrogen and oxygen atoms in total. The zero-order valence-electron chi connectivity index (χ0n) is 11.9. The van der Waals surface area contributed by atoms with Crippen LogP contribution in [-0.2, 0) is 0 Å². The van der Waals surface area contributed by atoms with E-state index in [9.17, 15) is 0 Å².